The molecule has 0 spiro atoms. The zero-order valence-corrected chi connectivity index (χ0v) is 11.8. The molecular formula is C13H25ClN2O. The van der Waals surface area contributed by atoms with Crippen molar-refractivity contribution in [1.82, 2.24) is 4.90 Å². The maximum atomic E-state index is 12.5. The zero-order chi connectivity index (χ0) is 11.8. The number of nitrogens with zero attached hydrogens (tertiary/aromatic N) is 1. The standard InChI is InChI=1S/C13H24N2O.ClH/c1-10-6-9-15(11(10)2)12(16)13(14)7-4-3-5-8-13;/h10-11H,3-9,14H2,1-2H3;1H. The highest BCUT2D eigenvalue weighted by Crippen LogP contribution is 2.32. The van der Waals surface area contributed by atoms with Crippen LogP contribution in [0.2, 0.25) is 0 Å². The summed E-state index contributed by atoms with van der Waals surface area (Å²) in [6.07, 6.45) is 6.34. The molecule has 1 saturated heterocycles. The monoisotopic (exact) mass is 260 g/mol. The Morgan fingerprint density at radius 2 is 1.82 bits per heavy atom. The van der Waals surface area contributed by atoms with Crippen LogP contribution in [0.3, 0.4) is 0 Å². The molecule has 17 heavy (non-hydrogen) atoms. The van der Waals surface area contributed by atoms with E-state index >= 15 is 0 Å². The smallest absolute Gasteiger partial charge is 0.242 e. The molecule has 2 unspecified atom stereocenters. The van der Waals surface area contributed by atoms with Gasteiger partial charge in [-0.1, -0.05) is 26.2 Å². The van der Waals surface area contributed by atoms with Crippen molar-refractivity contribution in [1.29, 1.82) is 0 Å². The lowest BCUT2D eigenvalue weighted by Crippen LogP contribution is -2.57. The first-order valence-electron chi connectivity index (χ1n) is 6.64. The van der Waals surface area contributed by atoms with E-state index in [1.165, 1.54) is 6.42 Å². The topological polar surface area (TPSA) is 46.3 Å². The number of likely N-dealkylation sites (tertiary alicyclic amines) is 1. The third-order valence-corrected chi connectivity index (χ3v) is 4.57. The van der Waals surface area contributed by atoms with Gasteiger partial charge in [0, 0.05) is 12.6 Å². The first-order valence-corrected chi connectivity index (χ1v) is 6.64. The quantitative estimate of drug-likeness (QED) is 0.787. The molecule has 1 aliphatic carbocycles. The van der Waals surface area contributed by atoms with E-state index in [2.05, 4.69) is 13.8 Å². The van der Waals surface area contributed by atoms with Crippen molar-refractivity contribution >= 4 is 18.3 Å². The predicted molar refractivity (Wildman–Crippen MR) is 72.2 cm³/mol. The number of nitrogens with two attached hydrogens (primary N) is 1. The maximum Gasteiger partial charge on any atom is 0.242 e. The minimum absolute atomic E-state index is 0. The molecule has 1 heterocycles. The second-order valence-electron chi connectivity index (χ2n) is 5.72. The molecule has 2 fully saturated rings. The molecule has 0 aromatic carbocycles. The molecule has 2 N–H and O–H groups in total. The Bertz CT molecular complexity index is 277. The third-order valence-electron chi connectivity index (χ3n) is 4.57. The summed E-state index contributed by atoms with van der Waals surface area (Å²) in [5, 5.41) is 0. The third kappa shape index (κ3) is 2.76. The molecular weight excluding hydrogens is 236 g/mol. The van der Waals surface area contributed by atoms with E-state index < -0.39 is 5.54 Å². The molecule has 0 bridgehead atoms. The number of amides is 1. The van der Waals surface area contributed by atoms with Crippen LogP contribution in [-0.2, 0) is 4.79 Å². The van der Waals surface area contributed by atoms with Crippen molar-refractivity contribution < 1.29 is 4.79 Å². The van der Waals surface area contributed by atoms with E-state index in [1.54, 1.807) is 0 Å². The van der Waals surface area contributed by atoms with Crippen molar-refractivity contribution in [3.05, 3.63) is 0 Å². The maximum absolute atomic E-state index is 12.5. The Balaban J connectivity index is 0.00000144. The fraction of sp³-hybridized carbons (Fsp3) is 0.923. The van der Waals surface area contributed by atoms with Crippen LogP contribution in [0.1, 0.15) is 52.4 Å². The summed E-state index contributed by atoms with van der Waals surface area (Å²) < 4.78 is 0. The average Bonchev–Trinajstić information content (AvgIpc) is 2.60. The van der Waals surface area contributed by atoms with Crippen molar-refractivity contribution in [3.63, 3.8) is 0 Å². The van der Waals surface area contributed by atoms with Crippen molar-refractivity contribution in [2.24, 2.45) is 11.7 Å². The number of carbonyl (C=O) groups excluding carboxylic acids is 1. The lowest BCUT2D eigenvalue weighted by atomic mass is 9.81. The van der Waals surface area contributed by atoms with Crippen LogP contribution in [0.5, 0.6) is 0 Å². The molecule has 2 rings (SSSR count). The molecule has 0 aromatic rings. The summed E-state index contributed by atoms with van der Waals surface area (Å²) in [4.78, 5) is 14.5. The first kappa shape index (κ1) is 14.8. The molecule has 2 aliphatic rings. The Labute approximate surface area is 111 Å². The van der Waals surface area contributed by atoms with Gasteiger partial charge in [0.25, 0.3) is 0 Å². The fourth-order valence-corrected chi connectivity index (χ4v) is 3.06. The summed E-state index contributed by atoms with van der Waals surface area (Å²) in [6, 6.07) is 0.370. The predicted octanol–water partition coefficient (Wildman–Crippen LogP) is 2.33. The minimum Gasteiger partial charge on any atom is -0.338 e. The van der Waals surface area contributed by atoms with Crippen molar-refractivity contribution in [2.45, 2.75) is 64.0 Å². The molecule has 2 atom stereocenters. The summed E-state index contributed by atoms with van der Waals surface area (Å²) in [6.45, 7) is 5.28. The van der Waals surface area contributed by atoms with Crippen LogP contribution in [0, 0.1) is 5.92 Å². The summed E-state index contributed by atoms with van der Waals surface area (Å²) in [5.41, 5.74) is 5.75. The molecule has 1 aliphatic heterocycles. The molecule has 0 radical (unpaired) electrons. The van der Waals surface area contributed by atoms with Crippen molar-refractivity contribution in [2.75, 3.05) is 6.54 Å². The van der Waals surface area contributed by atoms with E-state index in [0.717, 1.165) is 38.6 Å². The summed E-state index contributed by atoms with van der Waals surface area (Å²) in [7, 11) is 0. The number of carbonyl (C=O) groups is 1. The second kappa shape index (κ2) is 5.57. The molecule has 3 nitrogen and oxygen atoms in total. The van der Waals surface area contributed by atoms with E-state index in [9.17, 15) is 4.79 Å². The van der Waals surface area contributed by atoms with E-state index in [-0.39, 0.29) is 18.3 Å². The van der Waals surface area contributed by atoms with E-state index in [4.69, 9.17) is 5.73 Å². The molecule has 4 heteroatoms. The lowest BCUT2D eigenvalue weighted by molar-refractivity contribution is -0.139. The van der Waals surface area contributed by atoms with Gasteiger partial charge >= 0.3 is 0 Å². The van der Waals surface area contributed by atoms with Gasteiger partial charge in [0.2, 0.25) is 5.91 Å². The highest BCUT2D eigenvalue weighted by molar-refractivity contribution is 5.86. The fourth-order valence-electron chi connectivity index (χ4n) is 3.06. The molecule has 100 valence electrons. The van der Waals surface area contributed by atoms with Gasteiger partial charge < -0.3 is 10.6 Å². The van der Waals surface area contributed by atoms with Gasteiger partial charge in [0.1, 0.15) is 0 Å². The normalized spacial score (nSPS) is 32.1. The average molecular weight is 261 g/mol. The Morgan fingerprint density at radius 1 is 1.24 bits per heavy atom. The van der Waals surface area contributed by atoms with Crippen LogP contribution >= 0.6 is 12.4 Å². The van der Waals surface area contributed by atoms with Gasteiger partial charge in [-0.2, -0.15) is 0 Å². The molecule has 1 saturated carbocycles. The zero-order valence-electron chi connectivity index (χ0n) is 10.9. The Morgan fingerprint density at radius 3 is 2.29 bits per heavy atom. The second-order valence-corrected chi connectivity index (χ2v) is 5.72. The first-order chi connectivity index (χ1) is 7.54. The van der Waals surface area contributed by atoms with Gasteiger partial charge in [-0.25, -0.2) is 0 Å². The molecule has 0 aromatic heterocycles. The number of halogens is 1. The molecule has 1 amide bonds. The largest absolute Gasteiger partial charge is 0.338 e. The van der Waals surface area contributed by atoms with E-state index in [0.29, 0.717) is 12.0 Å². The van der Waals surface area contributed by atoms with Gasteiger partial charge in [-0.15, -0.1) is 12.4 Å². The highest BCUT2D eigenvalue weighted by atomic mass is 35.5. The van der Waals surface area contributed by atoms with Gasteiger partial charge in [-0.3, -0.25) is 4.79 Å². The van der Waals surface area contributed by atoms with Gasteiger partial charge in [-0.05, 0) is 32.1 Å². The summed E-state index contributed by atoms with van der Waals surface area (Å²) >= 11 is 0. The van der Waals surface area contributed by atoms with Crippen molar-refractivity contribution in [3.8, 4) is 0 Å². The Hall–Kier alpha value is -0.280. The van der Waals surface area contributed by atoms with Gasteiger partial charge in [0.05, 0.1) is 5.54 Å². The van der Waals surface area contributed by atoms with Crippen LogP contribution in [0.25, 0.3) is 0 Å². The van der Waals surface area contributed by atoms with Crippen LogP contribution in [0.4, 0.5) is 0 Å². The van der Waals surface area contributed by atoms with Crippen LogP contribution < -0.4 is 5.73 Å². The minimum atomic E-state index is -0.545. The lowest BCUT2D eigenvalue weighted by Gasteiger charge is -2.37. The number of hydrogen-bond donors (Lipinski definition) is 1. The van der Waals surface area contributed by atoms with Crippen LogP contribution in [0.15, 0.2) is 0 Å². The SMILES string of the molecule is CC1CCN(C(=O)C2(N)CCCCC2)C1C.Cl. The van der Waals surface area contributed by atoms with E-state index in [1.807, 2.05) is 4.90 Å². The Kier molecular flexibility index (Phi) is 4.85. The number of rotatable bonds is 1. The van der Waals surface area contributed by atoms with Crippen LogP contribution in [-0.4, -0.2) is 28.9 Å². The highest BCUT2D eigenvalue weighted by Gasteiger charge is 2.42. The summed E-state index contributed by atoms with van der Waals surface area (Å²) in [5.74, 6) is 0.834. The number of hydrogen-bond acceptors (Lipinski definition) is 2. The van der Waals surface area contributed by atoms with Gasteiger partial charge in [0.15, 0.2) is 0 Å².